The molecule has 3 rings (SSSR count). The van der Waals surface area contributed by atoms with Crippen LogP contribution in [0.3, 0.4) is 0 Å². The minimum Gasteiger partial charge on any atom is -0.362 e. The lowest BCUT2D eigenvalue weighted by atomic mass is 9.95. The molecule has 0 radical (unpaired) electrons. The monoisotopic (exact) mass is 357 g/mol. The van der Waals surface area contributed by atoms with E-state index in [1.54, 1.807) is 11.3 Å². The zero-order chi connectivity index (χ0) is 18.1. The molecule has 3 aromatic heterocycles. The summed E-state index contributed by atoms with van der Waals surface area (Å²) < 4.78 is 2.04. The Balaban J connectivity index is 2.25. The van der Waals surface area contributed by atoms with Gasteiger partial charge in [-0.25, -0.2) is 14.5 Å². The second-order valence-corrected chi connectivity index (χ2v) is 7.50. The van der Waals surface area contributed by atoms with Gasteiger partial charge < -0.3 is 5.32 Å². The molecular weight excluding hydrogens is 330 g/mol. The second-order valence-electron chi connectivity index (χ2n) is 6.50. The van der Waals surface area contributed by atoms with Gasteiger partial charge in [-0.05, 0) is 52.5 Å². The van der Waals surface area contributed by atoms with Crippen molar-refractivity contribution < 1.29 is 0 Å². The topological polar surface area (TPSA) is 55.1 Å². The van der Waals surface area contributed by atoms with Crippen molar-refractivity contribution >= 4 is 22.1 Å². The van der Waals surface area contributed by atoms with Gasteiger partial charge >= 0.3 is 0 Å². The lowest BCUT2D eigenvalue weighted by Crippen LogP contribution is -2.05. The number of hydrogen-bond donors (Lipinski definition) is 1. The highest BCUT2D eigenvalue weighted by Crippen LogP contribution is 2.36. The van der Waals surface area contributed by atoms with Crippen LogP contribution in [0.15, 0.2) is 6.07 Å². The Bertz CT molecular complexity index is 889. The summed E-state index contributed by atoms with van der Waals surface area (Å²) in [6.07, 6.45) is 2.22. The molecule has 3 heterocycles. The maximum Gasteiger partial charge on any atom is 0.183 e. The molecule has 0 saturated carbocycles. The fourth-order valence-electron chi connectivity index (χ4n) is 3.41. The van der Waals surface area contributed by atoms with E-state index in [0.29, 0.717) is 5.92 Å². The van der Waals surface area contributed by atoms with Gasteiger partial charge in [-0.1, -0.05) is 25.2 Å². The number of rotatable bonds is 6. The summed E-state index contributed by atoms with van der Waals surface area (Å²) in [5.74, 6) is 0.513. The van der Waals surface area contributed by atoms with Crippen LogP contribution in [-0.4, -0.2) is 26.1 Å². The first-order valence-corrected chi connectivity index (χ1v) is 9.90. The summed E-state index contributed by atoms with van der Waals surface area (Å²) >= 11 is 1.68. The van der Waals surface area contributed by atoms with Crippen LogP contribution in [0.1, 0.15) is 62.2 Å². The molecule has 0 amide bonds. The Morgan fingerprint density at radius 3 is 2.44 bits per heavy atom. The van der Waals surface area contributed by atoms with E-state index in [1.165, 1.54) is 5.56 Å². The Labute approximate surface area is 153 Å². The number of aromatic nitrogens is 4. The molecular formula is C19H27N5S. The highest BCUT2D eigenvalue weighted by atomic mass is 32.1. The molecule has 0 aromatic carbocycles. The van der Waals surface area contributed by atoms with E-state index in [1.807, 2.05) is 4.52 Å². The van der Waals surface area contributed by atoms with Crippen LogP contribution in [-0.2, 0) is 0 Å². The fraction of sp³-hybridized carbons (Fsp3) is 0.526. The number of thiazole rings is 1. The van der Waals surface area contributed by atoms with Crippen molar-refractivity contribution in [3.05, 3.63) is 28.7 Å². The van der Waals surface area contributed by atoms with Gasteiger partial charge in [0.15, 0.2) is 10.8 Å². The summed E-state index contributed by atoms with van der Waals surface area (Å²) in [5.41, 5.74) is 6.44. The minimum atomic E-state index is 0.513. The number of hydrogen-bond acceptors (Lipinski definition) is 5. The predicted molar refractivity (Wildman–Crippen MR) is 106 cm³/mol. The van der Waals surface area contributed by atoms with E-state index in [4.69, 9.17) is 10.1 Å². The van der Waals surface area contributed by atoms with E-state index in [2.05, 4.69) is 57.9 Å². The third kappa shape index (κ3) is 3.15. The van der Waals surface area contributed by atoms with Crippen LogP contribution in [0.5, 0.6) is 0 Å². The van der Waals surface area contributed by atoms with Crippen LogP contribution in [0.25, 0.3) is 16.2 Å². The van der Waals surface area contributed by atoms with E-state index in [0.717, 1.165) is 57.8 Å². The molecule has 0 aliphatic carbocycles. The molecule has 0 aliphatic heterocycles. The van der Waals surface area contributed by atoms with Crippen molar-refractivity contribution in [2.45, 2.75) is 60.3 Å². The SMILES string of the molecule is CCNc1nc(C)c(-c2c(C)nc3c(C(CC)CC)cc(C)nn23)s1. The number of imidazole rings is 1. The average molecular weight is 358 g/mol. The van der Waals surface area contributed by atoms with Crippen molar-refractivity contribution in [3.63, 3.8) is 0 Å². The van der Waals surface area contributed by atoms with E-state index >= 15 is 0 Å². The molecule has 5 nitrogen and oxygen atoms in total. The summed E-state index contributed by atoms with van der Waals surface area (Å²) in [6, 6.07) is 2.20. The molecule has 25 heavy (non-hydrogen) atoms. The summed E-state index contributed by atoms with van der Waals surface area (Å²) in [4.78, 5) is 10.7. The molecule has 1 N–H and O–H groups in total. The maximum atomic E-state index is 4.90. The van der Waals surface area contributed by atoms with Gasteiger partial charge in [0, 0.05) is 12.1 Å². The van der Waals surface area contributed by atoms with Crippen molar-refractivity contribution in [2.75, 3.05) is 11.9 Å². The Kier molecular flexibility index (Phi) is 5.08. The third-order valence-electron chi connectivity index (χ3n) is 4.67. The van der Waals surface area contributed by atoms with Crippen LogP contribution >= 0.6 is 11.3 Å². The van der Waals surface area contributed by atoms with Crippen LogP contribution in [0.4, 0.5) is 5.13 Å². The van der Waals surface area contributed by atoms with Gasteiger partial charge in [-0.2, -0.15) is 5.10 Å². The Hall–Kier alpha value is -1.95. The molecule has 6 heteroatoms. The summed E-state index contributed by atoms with van der Waals surface area (Å²) in [6.45, 7) is 13.6. The smallest absolute Gasteiger partial charge is 0.183 e. The molecule has 0 bridgehead atoms. The Morgan fingerprint density at radius 2 is 1.80 bits per heavy atom. The standard InChI is InChI=1S/C19H27N5S/c1-7-14(8-2)15-10-11(4)23-24-16(12(5)21-18(15)24)17-13(6)22-19(25-17)20-9-3/h10,14H,7-9H2,1-6H3,(H,20,22). The number of nitrogens with one attached hydrogen (secondary N) is 1. The normalized spacial score (nSPS) is 11.6. The first-order chi connectivity index (χ1) is 12.0. The zero-order valence-electron chi connectivity index (χ0n) is 16.0. The zero-order valence-corrected chi connectivity index (χ0v) is 16.8. The molecule has 0 aliphatic rings. The number of anilines is 1. The van der Waals surface area contributed by atoms with Crippen LogP contribution in [0, 0.1) is 20.8 Å². The van der Waals surface area contributed by atoms with Gasteiger partial charge in [0.1, 0.15) is 5.69 Å². The largest absolute Gasteiger partial charge is 0.362 e. The minimum absolute atomic E-state index is 0.513. The van der Waals surface area contributed by atoms with Crippen molar-refractivity contribution in [2.24, 2.45) is 0 Å². The average Bonchev–Trinajstić information content (AvgIpc) is 3.08. The van der Waals surface area contributed by atoms with Gasteiger partial charge in [0.25, 0.3) is 0 Å². The molecule has 0 unspecified atom stereocenters. The van der Waals surface area contributed by atoms with Crippen molar-refractivity contribution in [1.82, 2.24) is 19.6 Å². The second kappa shape index (κ2) is 7.12. The number of aryl methyl sites for hydroxylation is 3. The van der Waals surface area contributed by atoms with Crippen LogP contribution < -0.4 is 5.32 Å². The Morgan fingerprint density at radius 1 is 1.08 bits per heavy atom. The van der Waals surface area contributed by atoms with Crippen molar-refractivity contribution in [1.29, 1.82) is 0 Å². The molecule has 3 aromatic rings. The lowest BCUT2D eigenvalue weighted by molar-refractivity contribution is 0.638. The first-order valence-electron chi connectivity index (χ1n) is 9.08. The maximum absolute atomic E-state index is 4.90. The highest BCUT2D eigenvalue weighted by molar-refractivity contribution is 7.19. The quantitative estimate of drug-likeness (QED) is 0.666. The van der Waals surface area contributed by atoms with Crippen LogP contribution in [0.2, 0.25) is 0 Å². The van der Waals surface area contributed by atoms with Crippen molar-refractivity contribution in [3.8, 4) is 10.6 Å². The molecule has 0 spiro atoms. The highest BCUT2D eigenvalue weighted by Gasteiger charge is 2.22. The first kappa shape index (κ1) is 17.9. The summed E-state index contributed by atoms with van der Waals surface area (Å²) in [7, 11) is 0. The third-order valence-corrected chi connectivity index (χ3v) is 5.80. The lowest BCUT2D eigenvalue weighted by Gasteiger charge is -2.14. The molecule has 0 atom stereocenters. The molecule has 0 saturated heterocycles. The van der Waals surface area contributed by atoms with Gasteiger partial charge in [-0.15, -0.1) is 0 Å². The summed E-state index contributed by atoms with van der Waals surface area (Å²) in [5, 5.41) is 9.06. The molecule has 0 fully saturated rings. The number of nitrogens with zero attached hydrogens (tertiary/aromatic N) is 4. The van der Waals surface area contributed by atoms with E-state index in [9.17, 15) is 0 Å². The fourth-order valence-corrected chi connectivity index (χ4v) is 4.53. The van der Waals surface area contributed by atoms with Gasteiger partial charge in [0.2, 0.25) is 0 Å². The van der Waals surface area contributed by atoms with E-state index in [-0.39, 0.29) is 0 Å². The van der Waals surface area contributed by atoms with Gasteiger partial charge in [0.05, 0.1) is 22.0 Å². The van der Waals surface area contributed by atoms with E-state index < -0.39 is 0 Å². The van der Waals surface area contributed by atoms with Gasteiger partial charge in [-0.3, -0.25) is 0 Å². The predicted octanol–water partition coefficient (Wildman–Crippen LogP) is 5.11. The molecule has 134 valence electrons. The number of fused-ring (bicyclic) bond motifs is 1.